The van der Waals surface area contributed by atoms with E-state index in [1.165, 1.54) is 0 Å². The van der Waals surface area contributed by atoms with Gasteiger partial charge in [0.15, 0.2) is 5.78 Å². The summed E-state index contributed by atoms with van der Waals surface area (Å²) in [6.45, 7) is 3.41. The SMILES string of the molecule is CCc1cc(C2=CCNC(C(=O)C3C(C(=O)NO)CC4(CC4)CN3C)C2)ccc1C#N. The zero-order valence-electron chi connectivity index (χ0n) is 18.1. The molecule has 3 aliphatic rings. The van der Waals surface area contributed by atoms with Crippen LogP contribution in [-0.2, 0) is 16.0 Å². The largest absolute Gasteiger partial charge is 0.304 e. The fourth-order valence-corrected chi connectivity index (χ4v) is 5.39. The van der Waals surface area contributed by atoms with Gasteiger partial charge in [0, 0.05) is 13.1 Å². The van der Waals surface area contributed by atoms with Gasteiger partial charge in [-0.25, -0.2) is 5.48 Å². The number of nitriles is 1. The number of hydrogen-bond donors (Lipinski definition) is 3. The molecular weight excluding hydrogens is 392 g/mol. The number of hydroxylamine groups is 1. The van der Waals surface area contributed by atoms with E-state index < -0.39 is 23.9 Å². The molecule has 1 saturated heterocycles. The van der Waals surface area contributed by atoms with Crippen molar-refractivity contribution >= 4 is 17.3 Å². The molecule has 1 aliphatic carbocycles. The zero-order valence-corrected chi connectivity index (χ0v) is 18.1. The average molecular weight is 423 g/mol. The Labute approximate surface area is 183 Å². The van der Waals surface area contributed by atoms with Crippen LogP contribution in [0.4, 0.5) is 0 Å². The number of likely N-dealkylation sites (N-methyl/N-ethyl adjacent to an activating group) is 1. The molecule has 3 N–H and O–H groups in total. The van der Waals surface area contributed by atoms with Crippen molar-refractivity contribution in [2.24, 2.45) is 11.3 Å². The van der Waals surface area contributed by atoms with Gasteiger partial charge in [0.2, 0.25) is 5.91 Å². The van der Waals surface area contributed by atoms with Crippen LogP contribution in [0.2, 0.25) is 0 Å². The molecule has 0 bridgehead atoms. The number of piperidine rings is 1. The van der Waals surface area contributed by atoms with Gasteiger partial charge in [-0.1, -0.05) is 25.1 Å². The summed E-state index contributed by atoms with van der Waals surface area (Å²) in [5.41, 5.74) is 5.71. The molecule has 0 aromatic heterocycles. The first-order valence-electron chi connectivity index (χ1n) is 11.0. The first-order chi connectivity index (χ1) is 14.9. The highest BCUT2D eigenvalue weighted by molar-refractivity contribution is 5.96. The van der Waals surface area contributed by atoms with E-state index in [0.717, 1.165) is 42.5 Å². The lowest BCUT2D eigenvalue weighted by molar-refractivity contribution is -0.145. The smallest absolute Gasteiger partial charge is 0.248 e. The van der Waals surface area contributed by atoms with Crippen LogP contribution in [0.25, 0.3) is 5.57 Å². The van der Waals surface area contributed by atoms with E-state index in [2.05, 4.69) is 17.5 Å². The molecule has 1 aromatic carbocycles. The molecular formula is C24H30N4O3. The van der Waals surface area contributed by atoms with Gasteiger partial charge in [0.05, 0.1) is 29.6 Å². The predicted molar refractivity (Wildman–Crippen MR) is 116 cm³/mol. The van der Waals surface area contributed by atoms with Crippen LogP contribution in [0.15, 0.2) is 24.3 Å². The summed E-state index contributed by atoms with van der Waals surface area (Å²) in [5, 5.41) is 21.9. The highest BCUT2D eigenvalue weighted by Crippen LogP contribution is 2.54. The van der Waals surface area contributed by atoms with Crippen molar-refractivity contribution in [1.29, 1.82) is 5.26 Å². The third-order valence-electron chi connectivity index (χ3n) is 7.25. The van der Waals surface area contributed by atoms with E-state index in [0.29, 0.717) is 24.9 Å². The lowest BCUT2D eigenvalue weighted by atomic mass is 9.76. The van der Waals surface area contributed by atoms with E-state index in [1.807, 2.05) is 37.1 Å². The number of nitrogens with zero attached hydrogens (tertiary/aromatic N) is 2. The zero-order chi connectivity index (χ0) is 22.2. The van der Waals surface area contributed by atoms with E-state index in [9.17, 15) is 20.1 Å². The quantitative estimate of drug-likeness (QED) is 0.495. The highest BCUT2D eigenvalue weighted by Gasteiger charge is 2.55. The summed E-state index contributed by atoms with van der Waals surface area (Å²) in [4.78, 5) is 28.0. The minimum Gasteiger partial charge on any atom is -0.304 e. The molecule has 0 radical (unpaired) electrons. The highest BCUT2D eigenvalue weighted by atomic mass is 16.5. The number of rotatable bonds is 5. The molecule has 1 aromatic rings. The molecule has 1 saturated carbocycles. The van der Waals surface area contributed by atoms with Crippen molar-refractivity contribution in [2.75, 3.05) is 20.1 Å². The minimum atomic E-state index is -0.553. The summed E-state index contributed by atoms with van der Waals surface area (Å²) >= 11 is 0. The van der Waals surface area contributed by atoms with Crippen LogP contribution in [0.3, 0.4) is 0 Å². The molecule has 2 fully saturated rings. The summed E-state index contributed by atoms with van der Waals surface area (Å²) in [7, 11) is 1.91. The molecule has 2 heterocycles. The summed E-state index contributed by atoms with van der Waals surface area (Å²) in [6.07, 6.45) is 6.19. The molecule has 1 amide bonds. The fraction of sp³-hybridized carbons (Fsp3) is 0.542. The monoisotopic (exact) mass is 422 g/mol. The summed E-state index contributed by atoms with van der Waals surface area (Å²) in [6, 6.07) is 7.13. The first-order valence-corrected chi connectivity index (χ1v) is 11.0. The number of benzene rings is 1. The molecule has 3 atom stereocenters. The molecule has 4 rings (SSSR count). The Morgan fingerprint density at radius 3 is 2.81 bits per heavy atom. The standard InChI is InChI=1S/C24H30N4O3/c1-3-15-10-16(4-5-18(15)13-25)17-6-9-26-20(11-17)22(29)21-19(23(30)27-31)12-24(7-8-24)14-28(21)2/h4-6,10,19-21,26,31H,3,7-9,11-12,14H2,1-2H3,(H,27,30). The number of amides is 1. The molecule has 7 nitrogen and oxygen atoms in total. The number of carbonyl (C=O) groups is 2. The number of hydrogen-bond acceptors (Lipinski definition) is 6. The minimum absolute atomic E-state index is 0.00144. The lowest BCUT2D eigenvalue weighted by Gasteiger charge is -2.43. The van der Waals surface area contributed by atoms with Crippen LogP contribution >= 0.6 is 0 Å². The number of carbonyl (C=O) groups excluding carboxylic acids is 2. The Hall–Kier alpha value is -2.53. The van der Waals surface area contributed by atoms with Gasteiger partial charge < -0.3 is 5.32 Å². The maximum Gasteiger partial charge on any atom is 0.248 e. The topological polar surface area (TPSA) is 105 Å². The van der Waals surface area contributed by atoms with Gasteiger partial charge in [0.25, 0.3) is 0 Å². The summed E-state index contributed by atoms with van der Waals surface area (Å²) in [5.74, 6) is -1.01. The third kappa shape index (κ3) is 4.16. The molecule has 1 spiro atoms. The Bertz CT molecular complexity index is 960. The summed E-state index contributed by atoms with van der Waals surface area (Å²) < 4.78 is 0. The van der Waals surface area contributed by atoms with Gasteiger partial charge >= 0.3 is 0 Å². The van der Waals surface area contributed by atoms with Gasteiger partial charge in [-0.2, -0.15) is 5.26 Å². The van der Waals surface area contributed by atoms with Gasteiger partial charge in [-0.05, 0) is 67.3 Å². The maximum atomic E-state index is 13.6. The van der Waals surface area contributed by atoms with Crippen molar-refractivity contribution in [3.05, 3.63) is 41.0 Å². The van der Waals surface area contributed by atoms with E-state index in [4.69, 9.17) is 0 Å². The first kappa shape index (κ1) is 21.7. The van der Waals surface area contributed by atoms with Gasteiger partial charge in [0.1, 0.15) is 0 Å². The van der Waals surface area contributed by atoms with E-state index >= 15 is 0 Å². The Morgan fingerprint density at radius 2 is 2.16 bits per heavy atom. The van der Waals surface area contributed by atoms with Crippen molar-refractivity contribution in [3.63, 3.8) is 0 Å². The Kier molecular flexibility index (Phi) is 5.98. The fourth-order valence-electron chi connectivity index (χ4n) is 5.39. The molecule has 2 aliphatic heterocycles. The average Bonchev–Trinajstić information content (AvgIpc) is 3.55. The second kappa shape index (κ2) is 8.54. The van der Waals surface area contributed by atoms with Gasteiger partial charge in [-0.3, -0.25) is 19.7 Å². The van der Waals surface area contributed by atoms with Crippen LogP contribution in [0.1, 0.15) is 49.3 Å². The molecule has 164 valence electrons. The van der Waals surface area contributed by atoms with Crippen LogP contribution in [0, 0.1) is 22.7 Å². The van der Waals surface area contributed by atoms with E-state index in [1.54, 1.807) is 5.48 Å². The van der Waals surface area contributed by atoms with Crippen molar-refractivity contribution in [2.45, 2.75) is 51.1 Å². The second-order valence-electron chi connectivity index (χ2n) is 9.28. The number of nitrogens with one attached hydrogen (secondary N) is 2. The van der Waals surface area contributed by atoms with Gasteiger partial charge in [-0.15, -0.1) is 0 Å². The number of ketones is 1. The van der Waals surface area contributed by atoms with Crippen molar-refractivity contribution in [3.8, 4) is 6.07 Å². The maximum absolute atomic E-state index is 13.6. The normalized spacial score (nSPS) is 27.3. The second-order valence-corrected chi connectivity index (χ2v) is 9.28. The van der Waals surface area contributed by atoms with Crippen LogP contribution < -0.4 is 10.8 Å². The number of aryl methyl sites for hydroxylation is 1. The predicted octanol–water partition coefficient (Wildman–Crippen LogP) is 2.04. The molecule has 7 heteroatoms. The third-order valence-corrected chi connectivity index (χ3v) is 7.25. The van der Waals surface area contributed by atoms with Crippen LogP contribution in [-0.4, -0.2) is 54.0 Å². The van der Waals surface area contributed by atoms with E-state index in [-0.39, 0.29) is 11.2 Å². The Morgan fingerprint density at radius 1 is 1.39 bits per heavy atom. The molecule has 3 unspecified atom stereocenters. The van der Waals surface area contributed by atoms with Crippen molar-refractivity contribution in [1.82, 2.24) is 15.7 Å². The lowest BCUT2D eigenvalue weighted by Crippen LogP contribution is -2.59. The Balaban J connectivity index is 1.54. The van der Waals surface area contributed by atoms with Crippen molar-refractivity contribution < 1.29 is 14.8 Å². The van der Waals surface area contributed by atoms with Crippen LogP contribution in [0.5, 0.6) is 0 Å². The number of likely N-dealkylation sites (tertiary alicyclic amines) is 1. The molecule has 31 heavy (non-hydrogen) atoms. The number of Topliss-reactive ketones (excluding diaryl/α,β-unsaturated/α-hetero) is 1.